The summed E-state index contributed by atoms with van der Waals surface area (Å²) in [4.78, 5) is 11.6. The van der Waals surface area contributed by atoms with E-state index < -0.39 is 0 Å². The molecule has 2 rings (SSSR count). The van der Waals surface area contributed by atoms with Crippen LogP contribution in [0.1, 0.15) is 32.6 Å². The minimum absolute atomic E-state index is 0.0655. The van der Waals surface area contributed by atoms with Crippen molar-refractivity contribution in [2.24, 2.45) is 12.8 Å². The average molecular weight is 315 g/mol. The molecule has 0 saturated heterocycles. The number of rotatable bonds is 2. The summed E-state index contributed by atoms with van der Waals surface area (Å²) in [5.74, 6) is 0.621. The van der Waals surface area contributed by atoms with E-state index >= 15 is 0 Å². The molecule has 0 amide bonds. The van der Waals surface area contributed by atoms with Gasteiger partial charge in [0.05, 0.1) is 4.47 Å². The van der Waals surface area contributed by atoms with E-state index in [1.54, 1.807) is 13.2 Å². The number of aryl methyl sites for hydroxylation is 1. The Morgan fingerprint density at radius 2 is 2.11 bits per heavy atom. The summed E-state index contributed by atoms with van der Waals surface area (Å²) in [6.07, 6.45) is 5.53. The third-order valence-electron chi connectivity index (χ3n) is 3.59. The molecule has 5 heteroatoms. The first-order valence-corrected chi connectivity index (χ1v) is 7.00. The summed E-state index contributed by atoms with van der Waals surface area (Å²) in [7, 11) is 1.72. The van der Waals surface area contributed by atoms with Gasteiger partial charge in [0.1, 0.15) is 11.4 Å². The van der Waals surface area contributed by atoms with Crippen molar-refractivity contribution in [1.82, 2.24) is 4.57 Å². The Bertz CT molecular complexity index is 490. The molecule has 1 saturated carbocycles. The van der Waals surface area contributed by atoms with Gasteiger partial charge in [-0.15, -0.1) is 0 Å². The zero-order valence-corrected chi connectivity index (χ0v) is 12.4. The summed E-state index contributed by atoms with van der Waals surface area (Å²) < 4.78 is 8.37. The molecule has 1 aliphatic rings. The molecule has 100 valence electrons. The second kappa shape index (κ2) is 5.05. The van der Waals surface area contributed by atoms with Gasteiger partial charge in [-0.25, -0.2) is 0 Å². The second-order valence-electron chi connectivity index (χ2n) is 5.32. The van der Waals surface area contributed by atoms with Gasteiger partial charge >= 0.3 is 0 Å². The van der Waals surface area contributed by atoms with Gasteiger partial charge in [-0.3, -0.25) is 4.79 Å². The van der Waals surface area contributed by atoms with Crippen LogP contribution in [0.5, 0.6) is 5.75 Å². The zero-order valence-electron chi connectivity index (χ0n) is 10.8. The van der Waals surface area contributed by atoms with Crippen LogP contribution in [0, 0.1) is 0 Å². The summed E-state index contributed by atoms with van der Waals surface area (Å²) in [5, 5.41) is 0. The van der Waals surface area contributed by atoms with Gasteiger partial charge in [-0.05, 0) is 48.5 Å². The maximum absolute atomic E-state index is 11.6. The predicted molar refractivity (Wildman–Crippen MR) is 74.9 cm³/mol. The van der Waals surface area contributed by atoms with Gasteiger partial charge in [0, 0.05) is 25.4 Å². The highest BCUT2D eigenvalue weighted by molar-refractivity contribution is 9.10. The monoisotopic (exact) mass is 314 g/mol. The molecule has 1 aromatic heterocycles. The number of pyridine rings is 1. The van der Waals surface area contributed by atoms with Gasteiger partial charge in [0.2, 0.25) is 0 Å². The smallest absolute Gasteiger partial charge is 0.254 e. The first-order chi connectivity index (χ1) is 8.39. The van der Waals surface area contributed by atoms with E-state index in [-0.39, 0.29) is 17.2 Å². The molecule has 0 atom stereocenters. The van der Waals surface area contributed by atoms with Gasteiger partial charge < -0.3 is 15.0 Å². The molecule has 1 aromatic rings. The molecule has 1 fully saturated rings. The third kappa shape index (κ3) is 2.95. The van der Waals surface area contributed by atoms with E-state index in [0.717, 1.165) is 30.2 Å². The molecule has 0 spiro atoms. The van der Waals surface area contributed by atoms with Crippen molar-refractivity contribution in [2.75, 3.05) is 0 Å². The Labute approximate surface area is 115 Å². The highest BCUT2D eigenvalue weighted by atomic mass is 79.9. The van der Waals surface area contributed by atoms with E-state index in [9.17, 15) is 4.79 Å². The van der Waals surface area contributed by atoms with Crippen LogP contribution in [0.3, 0.4) is 0 Å². The van der Waals surface area contributed by atoms with E-state index in [4.69, 9.17) is 10.5 Å². The normalized spacial score (nSPS) is 28.1. The van der Waals surface area contributed by atoms with E-state index in [1.807, 2.05) is 0 Å². The number of nitrogens with two attached hydrogens (primary N) is 1. The molecule has 2 N–H and O–H groups in total. The van der Waals surface area contributed by atoms with Crippen molar-refractivity contribution in [3.05, 3.63) is 27.1 Å². The summed E-state index contributed by atoms with van der Waals surface area (Å²) in [6.45, 7) is 2.09. The lowest BCUT2D eigenvalue weighted by atomic mass is 9.84. The van der Waals surface area contributed by atoms with Crippen LogP contribution in [0.2, 0.25) is 0 Å². The van der Waals surface area contributed by atoms with Crippen molar-refractivity contribution < 1.29 is 4.74 Å². The highest BCUT2D eigenvalue weighted by Crippen LogP contribution is 2.34. The lowest BCUT2D eigenvalue weighted by molar-refractivity contribution is 0.0425. The standard InChI is InChI=1S/C13H19BrN2O2/c1-13(5-3-9(15)4-6-13)18-11-7-12(17)16(2)8-10(11)14/h7-9H,3-6,15H2,1-2H3. The summed E-state index contributed by atoms with van der Waals surface area (Å²) in [5.41, 5.74) is 5.62. The maximum atomic E-state index is 11.6. The van der Waals surface area contributed by atoms with Crippen molar-refractivity contribution in [3.8, 4) is 5.75 Å². The first kappa shape index (κ1) is 13.6. The zero-order chi connectivity index (χ0) is 13.3. The van der Waals surface area contributed by atoms with Crippen LogP contribution in [0.25, 0.3) is 0 Å². The quantitative estimate of drug-likeness (QED) is 0.910. The maximum Gasteiger partial charge on any atom is 0.254 e. The summed E-state index contributed by atoms with van der Waals surface area (Å²) >= 11 is 3.43. The first-order valence-electron chi connectivity index (χ1n) is 6.20. The van der Waals surface area contributed by atoms with Crippen molar-refractivity contribution in [3.63, 3.8) is 0 Å². The molecule has 0 aliphatic heterocycles. The Kier molecular flexibility index (Phi) is 3.82. The SMILES string of the molecule is Cn1cc(Br)c(OC2(C)CCC(N)CC2)cc1=O. The van der Waals surface area contributed by atoms with Gasteiger partial charge in [-0.1, -0.05) is 0 Å². The Hall–Kier alpha value is -0.810. The molecular weight excluding hydrogens is 296 g/mol. The number of hydrogen-bond acceptors (Lipinski definition) is 3. The van der Waals surface area contributed by atoms with Gasteiger partial charge in [-0.2, -0.15) is 0 Å². The highest BCUT2D eigenvalue weighted by Gasteiger charge is 2.32. The van der Waals surface area contributed by atoms with Crippen LogP contribution in [0.15, 0.2) is 21.5 Å². The van der Waals surface area contributed by atoms with Crippen LogP contribution < -0.4 is 16.0 Å². The van der Waals surface area contributed by atoms with Gasteiger partial charge in [0.25, 0.3) is 5.56 Å². The molecule has 0 aromatic carbocycles. The van der Waals surface area contributed by atoms with Crippen LogP contribution >= 0.6 is 15.9 Å². The van der Waals surface area contributed by atoms with Crippen LogP contribution in [0.4, 0.5) is 0 Å². The van der Waals surface area contributed by atoms with E-state index in [2.05, 4.69) is 22.9 Å². The average Bonchev–Trinajstić information content (AvgIpc) is 2.30. The third-order valence-corrected chi connectivity index (χ3v) is 4.18. The number of ether oxygens (including phenoxy) is 1. The van der Waals surface area contributed by atoms with Crippen molar-refractivity contribution in [2.45, 2.75) is 44.2 Å². The van der Waals surface area contributed by atoms with E-state index in [0.29, 0.717) is 5.75 Å². The Morgan fingerprint density at radius 1 is 1.50 bits per heavy atom. The van der Waals surface area contributed by atoms with Crippen molar-refractivity contribution in [1.29, 1.82) is 0 Å². The largest absolute Gasteiger partial charge is 0.486 e. The molecule has 18 heavy (non-hydrogen) atoms. The number of nitrogens with zero attached hydrogens (tertiary/aromatic N) is 1. The van der Waals surface area contributed by atoms with Crippen LogP contribution in [-0.4, -0.2) is 16.2 Å². The van der Waals surface area contributed by atoms with Crippen LogP contribution in [-0.2, 0) is 7.05 Å². The molecular formula is C13H19BrN2O2. The molecule has 0 unspecified atom stereocenters. The minimum atomic E-state index is -0.218. The second-order valence-corrected chi connectivity index (χ2v) is 6.18. The Morgan fingerprint density at radius 3 is 2.72 bits per heavy atom. The molecule has 1 heterocycles. The summed E-state index contributed by atoms with van der Waals surface area (Å²) in [6, 6.07) is 1.82. The fourth-order valence-corrected chi connectivity index (χ4v) is 2.78. The molecule has 0 radical (unpaired) electrons. The predicted octanol–water partition coefficient (Wildman–Crippen LogP) is 2.19. The lowest BCUT2D eigenvalue weighted by Crippen LogP contribution is -2.41. The lowest BCUT2D eigenvalue weighted by Gasteiger charge is -2.36. The van der Waals surface area contributed by atoms with Crippen molar-refractivity contribution >= 4 is 15.9 Å². The number of aromatic nitrogens is 1. The van der Waals surface area contributed by atoms with E-state index in [1.165, 1.54) is 10.6 Å². The number of halogens is 1. The molecule has 0 bridgehead atoms. The molecule has 4 nitrogen and oxygen atoms in total. The topological polar surface area (TPSA) is 57.2 Å². The van der Waals surface area contributed by atoms with Gasteiger partial charge in [0.15, 0.2) is 0 Å². The number of hydrogen-bond donors (Lipinski definition) is 1. The molecule has 1 aliphatic carbocycles. The fraction of sp³-hybridized carbons (Fsp3) is 0.615. The minimum Gasteiger partial charge on any atom is -0.486 e. The fourth-order valence-electron chi connectivity index (χ4n) is 2.28. The Balaban J connectivity index is 2.19.